The molecule has 0 aromatic heterocycles. The fraction of sp³-hybridized carbons (Fsp3) is 0.923. The number of hydrogen-bond donors (Lipinski definition) is 0. The normalized spacial score (nSPS) is 44.3. The Bertz CT molecular complexity index is 266. The van der Waals surface area contributed by atoms with Gasteiger partial charge in [0.05, 0.1) is 0 Å². The molecule has 0 radical (unpaired) electrons. The molecule has 2 aliphatic carbocycles. The Kier molecular flexibility index (Phi) is 2.06. The van der Waals surface area contributed by atoms with E-state index in [2.05, 4.69) is 20.8 Å². The van der Waals surface area contributed by atoms with Gasteiger partial charge in [0.25, 0.3) is 0 Å². The van der Waals surface area contributed by atoms with Crippen LogP contribution in [0.15, 0.2) is 0 Å². The van der Waals surface area contributed by atoms with Gasteiger partial charge in [0.15, 0.2) is 0 Å². The monoisotopic (exact) mass is 194 g/mol. The predicted molar refractivity (Wildman–Crippen MR) is 58.0 cm³/mol. The standard InChI is InChI=1S/C13H22O/c1-9(14)7-11-8-10-5-6-13(11,4)12(10,2)3/h10-11H,5-8H2,1-4H3/t10-,11-,13+/m0/s1. The van der Waals surface area contributed by atoms with Gasteiger partial charge in [-0.1, -0.05) is 20.8 Å². The Balaban J connectivity index is 2.23. The number of fused-ring (bicyclic) bond motifs is 2. The van der Waals surface area contributed by atoms with E-state index in [0.29, 0.717) is 22.5 Å². The second-order valence-corrected chi connectivity index (χ2v) is 6.21. The van der Waals surface area contributed by atoms with Gasteiger partial charge in [0, 0.05) is 6.42 Å². The van der Waals surface area contributed by atoms with Gasteiger partial charge in [0.1, 0.15) is 5.78 Å². The molecule has 14 heavy (non-hydrogen) atoms. The Hall–Kier alpha value is -0.330. The van der Waals surface area contributed by atoms with E-state index >= 15 is 0 Å². The minimum Gasteiger partial charge on any atom is -0.300 e. The molecule has 80 valence electrons. The lowest BCUT2D eigenvalue weighted by Gasteiger charge is -2.39. The topological polar surface area (TPSA) is 17.1 Å². The minimum absolute atomic E-state index is 0.375. The maximum Gasteiger partial charge on any atom is 0.130 e. The van der Waals surface area contributed by atoms with Crippen molar-refractivity contribution in [1.29, 1.82) is 0 Å². The van der Waals surface area contributed by atoms with Crippen LogP contribution in [-0.2, 0) is 4.79 Å². The van der Waals surface area contributed by atoms with Crippen LogP contribution in [0.4, 0.5) is 0 Å². The third kappa shape index (κ3) is 1.11. The average Bonchev–Trinajstić information content (AvgIpc) is 2.35. The van der Waals surface area contributed by atoms with E-state index < -0.39 is 0 Å². The SMILES string of the molecule is CC(=O)C[C@H]1C[C@@H]2CC[C@@]1(C)C2(C)C. The molecule has 2 fully saturated rings. The van der Waals surface area contributed by atoms with Gasteiger partial charge in [-0.3, -0.25) is 0 Å². The first-order valence-corrected chi connectivity index (χ1v) is 5.87. The fourth-order valence-electron chi connectivity index (χ4n) is 4.03. The highest BCUT2D eigenvalue weighted by Crippen LogP contribution is 2.68. The van der Waals surface area contributed by atoms with Crippen molar-refractivity contribution >= 4 is 5.78 Å². The van der Waals surface area contributed by atoms with Crippen molar-refractivity contribution in [3.63, 3.8) is 0 Å². The average molecular weight is 194 g/mol. The maximum absolute atomic E-state index is 11.2. The summed E-state index contributed by atoms with van der Waals surface area (Å²) in [6.07, 6.45) is 4.83. The molecule has 3 atom stereocenters. The van der Waals surface area contributed by atoms with Crippen molar-refractivity contribution in [3.8, 4) is 0 Å². The van der Waals surface area contributed by atoms with Gasteiger partial charge in [-0.2, -0.15) is 0 Å². The first kappa shape index (κ1) is 10.2. The molecule has 0 N–H and O–H groups in total. The number of carbonyl (C=O) groups is 1. The smallest absolute Gasteiger partial charge is 0.130 e. The van der Waals surface area contributed by atoms with Crippen molar-refractivity contribution in [2.24, 2.45) is 22.7 Å². The summed E-state index contributed by atoms with van der Waals surface area (Å²) in [5.41, 5.74) is 0.899. The molecule has 2 aliphatic rings. The highest BCUT2D eigenvalue weighted by Gasteiger charge is 2.60. The second kappa shape index (κ2) is 2.84. The van der Waals surface area contributed by atoms with Crippen molar-refractivity contribution < 1.29 is 4.79 Å². The van der Waals surface area contributed by atoms with Crippen LogP contribution in [-0.4, -0.2) is 5.78 Å². The van der Waals surface area contributed by atoms with E-state index in [4.69, 9.17) is 0 Å². The number of rotatable bonds is 2. The maximum atomic E-state index is 11.2. The van der Waals surface area contributed by atoms with Gasteiger partial charge in [-0.25, -0.2) is 0 Å². The van der Waals surface area contributed by atoms with E-state index in [0.717, 1.165) is 12.3 Å². The molecule has 0 aromatic carbocycles. The van der Waals surface area contributed by atoms with Crippen LogP contribution in [0.2, 0.25) is 0 Å². The summed E-state index contributed by atoms with van der Waals surface area (Å²) in [5.74, 6) is 1.91. The lowest BCUT2D eigenvalue weighted by Crippen LogP contribution is -2.33. The van der Waals surface area contributed by atoms with E-state index in [9.17, 15) is 4.79 Å². The Morgan fingerprint density at radius 1 is 1.36 bits per heavy atom. The summed E-state index contributed by atoms with van der Waals surface area (Å²) in [5, 5.41) is 0. The van der Waals surface area contributed by atoms with Crippen LogP contribution in [0.3, 0.4) is 0 Å². The van der Waals surface area contributed by atoms with Gasteiger partial charge in [-0.05, 0) is 48.9 Å². The molecule has 0 aliphatic heterocycles. The van der Waals surface area contributed by atoms with E-state index in [-0.39, 0.29) is 0 Å². The Morgan fingerprint density at radius 2 is 2.00 bits per heavy atom. The molecule has 0 unspecified atom stereocenters. The van der Waals surface area contributed by atoms with Crippen molar-refractivity contribution in [3.05, 3.63) is 0 Å². The van der Waals surface area contributed by atoms with E-state index in [1.807, 2.05) is 0 Å². The molecule has 1 nitrogen and oxygen atoms in total. The zero-order chi connectivity index (χ0) is 10.6. The second-order valence-electron chi connectivity index (χ2n) is 6.21. The van der Waals surface area contributed by atoms with Crippen LogP contribution in [0.1, 0.15) is 53.4 Å². The molecule has 2 saturated carbocycles. The molecule has 0 amide bonds. The minimum atomic E-state index is 0.375. The van der Waals surface area contributed by atoms with Crippen LogP contribution >= 0.6 is 0 Å². The van der Waals surface area contributed by atoms with Crippen LogP contribution < -0.4 is 0 Å². The number of hydrogen-bond acceptors (Lipinski definition) is 1. The fourth-order valence-corrected chi connectivity index (χ4v) is 4.03. The van der Waals surface area contributed by atoms with Crippen molar-refractivity contribution in [2.45, 2.75) is 53.4 Å². The van der Waals surface area contributed by atoms with E-state index in [1.165, 1.54) is 19.3 Å². The van der Waals surface area contributed by atoms with Gasteiger partial charge in [-0.15, -0.1) is 0 Å². The quantitative estimate of drug-likeness (QED) is 0.658. The van der Waals surface area contributed by atoms with Gasteiger partial charge < -0.3 is 4.79 Å². The zero-order valence-electron chi connectivity index (χ0n) is 9.89. The first-order valence-electron chi connectivity index (χ1n) is 5.87. The lowest BCUT2D eigenvalue weighted by atomic mass is 9.66. The molecule has 0 aromatic rings. The molecule has 0 saturated heterocycles. The number of carbonyl (C=O) groups excluding carboxylic acids is 1. The van der Waals surface area contributed by atoms with Crippen molar-refractivity contribution in [2.75, 3.05) is 0 Å². The predicted octanol–water partition coefficient (Wildman–Crippen LogP) is 3.43. The summed E-state index contributed by atoms with van der Waals surface area (Å²) in [6, 6.07) is 0. The van der Waals surface area contributed by atoms with Crippen LogP contribution in [0.5, 0.6) is 0 Å². The van der Waals surface area contributed by atoms with Crippen LogP contribution in [0.25, 0.3) is 0 Å². The molecule has 0 spiro atoms. The molecular weight excluding hydrogens is 172 g/mol. The summed E-state index contributed by atoms with van der Waals surface area (Å²) < 4.78 is 0. The summed E-state index contributed by atoms with van der Waals surface area (Å²) in [4.78, 5) is 11.2. The molecule has 2 rings (SSSR count). The van der Waals surface area contributed by atoms with Crippen LogP contribution in [0, 0.1) is 22.7 Å². The summed E-state index contributed by atoms with van der Waals surface area (Å²) >= 11 is 0. The summed E-state index contributed by atoms with van der Waals surface area (Å²) in [7, 11) is 0. The first-order chi connectivity index (χ1) is 6.38. The third-order valence-electron chi connectivity index (χ3n) is 5.51. The lowest BCUT2D eigenvalue weighted by molar-refractivity contribution is -0.119. The highest BCUT2D eigenvalue weighted by molar-refractivity contribution is 5.75. The van der Waals surface area contributed by atoms with Gasteiger partial charge >= 0.3 is 0 Å². The molecule has 2 bridgehead atoms. The molecular formula is C13H22O. The van der Waals surface area contributed by atoms with Gasteiger partial charge in [0.2, 0.25) is 0 Å². The van der Waals surface area contributed by atoms with Crippen molar-refractivity contribution in [1.82, 2.24) is 0 Å². The number of Topliss-reactive ketones (excluding diaryl/α,β-unsaturated/α-hetero) is 1. The Labute approximate surface area is 87.3 Å². The zero-order valence-corrected chi connectivity index (χ0v) is 9.89. The highest BCUT2D eigenvalue weighted by atomic mass is 16.1. The van der Waals surface area contributed by atoms with E-state index in [1.54, 1.807) is 6.92 Å². The Morgan fingerprint density at radius 3 is 2.36 bits per heavy atom. The third-order valence-corrected chi connectivity index (χ3v) is 5.51. The molecule has 1 heteroatoms. The summed E-state index contributed by atoms with van der Waals surface area (Å²) in [6.45, 7) is 8.96. The molecule has 0 heterocycles. The largest absolute Gasteiger partial charge is 0.300 e. The number of ketones is 1.